The Labute approximate surface area is 557 Å². The number of benzene rings is 3. The topological polar surface area (TPSA) is 456 Å². The lowest BCUT2D eigenvalue weighted by Crippen LogP contribution is -2.61. The van der Waals surface area contributed by atoms with Crippen LogP contribution in [0.1, 0.15) is 68.6 Å². The molecule has 97 heavy (non-hydrogen) atoms. The lowest BCUT2D eigenvalue weighted by Gasteiger charge is -2.32. The number of para-hydroxylation sites is 2. The van der Waals surface area contributed by atoms with E-state index < -0.39 is 176 Å². The number of carboxylic acid groups (broad SMARTS) is 1. The first-order valence-electron chi connectivity index (χ1n) is 32.3. The smallest absolute Gasteiger partial charge is 0.323 e. The summed E-state index contributed by atoms with van der Waals surface area (Å²) in [5.41, 5.74) is 17.3. The lowest BCUT2D eigenvalue weighted by atomic mass is 9.87. The number of aliphatic carboxylic acids is 1. The van der Waals surface area contributed by atoms with Crippen molar-refractivity contribution in [3.05, 3.63) is 102 Å². The number of hydrogen-bond acceptors (Lipinski definition) is 17. The number of primary amides is 1. The molecule has 0 spiro atoms. The summed E-state index contributed by atoms with van der Waals surface area (Å²) in [7, 11) is 4.21. The van der Waals surface area contributed by atoms with E-state index in [4.69, 9.17) is 11.5 Å². The Kier molecular flexibility index (Phi) is 23.0. The molecular weight excluding hydrogens is 1260 g/mol. The molecule has 5 heterocycles. The molecule has 11 amide bonds. The lowest BCUT2D eigenvalue weighted by molar-refractivity contribution is -0.144. The van der Waals surface area contributed by atoms with Crippen LogP contribution in [-0.4, -0.2) is 228 Å². The number of H-pyrrole nitrogens is 1. The number of aromatic hydroxyl groups is 1. The standard InChI is InChI=1S/C66H85N15O16/c1-34-22-42(34)57-66(96)81-31-39(83)26-53(81)62(92)73-47(24-36-28-69-45-12-7-5-10-40(36)45)59(89)72-46(58(88)74-48(64(94)77(2)3)25-37-30-79(33-56(86)87)51-13-8-6-11-41(37)51)20-19-44(67)43(23-35-15-17-38(82)18-16-35)63(93)78(4)32-55(85)71-49(27-54(68)84)65(95)80-21-9-14-52(80)61(91)75-50(29-70-97)60(90)76-57/h5-8,10-13,15-18,28,30,34,39,42-44,46-50,52-53,57,69-70,82-83,97H,9,14,19-27,29,31-33,67H2,1-4H3,(H2,68,84)(H,71,85)(H,72,89)(H,73,92)(H,74,88)(H,75,91)(H,76,90)(H,86,87)/t34?,39-,42?,43-,44?,46+,47+,48+,49+,50+,52+,53+,57+/m1/s1. The van der Waals surface area contributed by atoms with Crippen LogP contribution in [-0.2, 0) is 83.3 Å². The second kappa shape index (κ2) is 31.3. The molecule has 16 N–H and O–H groups in total. The van der Waals surface area contributed by atoms with E-state index >= 15 is 19.2 Å². The molecule has 1 saturated carbocycles. The zero-order chi connectivity index (χ0) is 70.1. The van der Waals surface area contributed by atoms with E-state index in [1.807, 2.05) is 12.4 Å². The highest BCUT2D eigenvalue weighted by molar-refractivity contribution is 6.00. The molecule has 1 aliphatic carbocycles. The quantitative estimate of drug-likeness (QED) is 0.0458. The van der Waals surface area contributed by atoms with Gasteiger partial charge in [0.05, 0.1) is 31.5 Å². The van der Waals surface area contributed by atoms with Gasteiger partial charge >= 0.3 is 5.97 Å². The number of aliphatic hydroxyl groups is 1. The first-order valence-corrected chi connectivity index (χ1v) is 32.3. The molecule has 13 atom stereocenters. The van der Waals surface area contributed by atoms with Gasteiger partial charge in [-0.2, -0.15) is 0 Å². The van der Waals surface area contributed by atoms with Gasteiger partial charge in [0, 0.05) is 93.7 Å². The molecule has 5 aromatic rings. The maximum atomic E-state index is 15.5. The number of carboxylic acids is 1. The number of aromatic nitrogens is 2. The Morgan fingerprint density at radius 2 is 1.41 bits per heavy atom. The van der Waals surface area contributed by atoms with Crippen molar-refractivity contribution in [2.45, 2.75) is 138 Å². The second-order valence-electron chi connectivity index (χ2n) is 26.0. The van der Waals surface area contributed by atoms with Gasteiger partial charge in [-0.15, -0.1) is 0 Å². The molecule has 2 aromatic heterocycles. The molecule has 3 aliphatic heterocycles. The fraction of sp³-hybridized carbons (Fsp3) is 0.485. The highest BCUT2D eigenvalue weighted by Gasteiger charge is 2.50. The van der Waals surface area contributed by atoms with Gasteiger partial charge in [-0.25, -0.2) is 5.48 Å². The third-order valence-electron chi connectivity index (χ3n) is 18.6. The number of likely N-dealkylation sites (N-methyl/N-ethyl adjacent to an activating group) is 2. The summed E-state index contributed by atoms with van der Waals surface area (Å²) in [6.45, 7) is -0.399. The molecule has 3 unspecified atom stereocenters. The van der Waals surface area contributed by atoms with Crippen molar-refractivity contribution >= 4 is 92.8 Å². The van der Waals surface area contributed by atoms with Gasteiger partial charge in [0.25, 0.3) is 0 Å². The summed E-state index contributed by atoms with van der Waals surface area (Å²) in [4.78, 5) is 180. The number of carbonyl (C=O) groups excluding carboxylic acids is 11. The van der Waals surface area contributed by atoms with Crippen LogP contribution >= 0.6 is 0 Å². The molecule has 3 saturated heterocycles. The minimum absolute atomic E-state index is 0.0495. The summed E-state index contributed by atoms with van der Waals surface area (Å²) in [6, 6.07) is 6.61. The Balaban J connectivity index is 1.12. The maximum absolute atomic E-state index is 15.5. The number of rotatable bonds is 16. The number of aromatic amines is 1. The molecule has 9 rings (SSSR count). The van der Waals surface area contributed by atoms with E-state index in [-0.39, 0.29) is 69.6 Å². The number of hydrogen-bond donors (Lipinski definition) is 14. The predicted octanol–water partition coefficient (Wildman–Crippen LogP) is -2.40. The van der Waals surface area contributed by atoms with Gasteiger partial charge in [0.1, 0.15) is 60.6 Å². The minimum Gasteiger partial charge on any atom is -0.508 e. The van der Waals surface area contributed by atoms with Crippen molar-refractivity contribution in [1.82, 2.24) is 66.5 Å². The van der Waals surface area contributed by atoms with Crippen molar-refractivity contribution in [3.8, 4) is 5.75 Å². The number of fused-ring (bicyclic) bond motifs is 4. The van der Waals surface area contributed by atoms with Crippen molar-refractivity contribution in [3.63, 3.8) is 0 Å². The fourth-order valence-corrected chi connectivity index (χ4v) is 13.4. The van der Waals surface area contributed by atoms with Gasteiger partial charge in [-0.3, -0.25) is 57.5 Å². The molecule has 0 radical (unpaired) electrons. The molecule has 4 fully saturated rings. The highest BCUT2D eigenvalue weighted by atomic mass is 16.5. The SMILES string of the molecule is CC1CC1[C@@H]1NC(=O)[C@H](CNO)NC(=O)[C@@H]2CCCN2C(=O)[C@H](CC(N)=O)NC(=O)CN(C)C(=O)[C@H](Cc2ccc(O)cc2)C(N)CC[C@@H](C(=O)N[C@@H](Cc2cn(CC(=O)O)c3ccccc23)C(=O)N(C)C)NC(=O)[C@H](Cc2c[nH]c3ccccc23)NC(=O)[C@@H]2C[C@@H](O)CN2C1=O. The van der Waals surface area contributed by atoms with Crippen molar-refractivity contribution in [2.24, 2.45) is 29.2 Å². The van der Waals surface area contributed by atoms with Crippen LogP contribution in [0.5, 0.6) is 5.75 Å². The van der Waals surface area contributed by atoms with Gasteiger partial charge in [-0.1, -0.05) is 55.5 Å². The largest absolute Gasteiger partial charge is 0.508 e. The Bertz CT molecular complexity index is 3800. The molecule has 0 bridgehead atoms. The van der Waals surface area contributed by atoms with Crippen LogP contribution in [0.15, 0.2) is 85.2 Å². The van der Waals surface area contributed by atoms with Gasteiger partial charge in [0.15, 0.2) is 0 Å². The third kappa shape index (κ3) is 17.4. The van der Waals surface area contributed by atoms with E-state index in [1.54, 1.807) is 73.1 Å². The van der Waals surface area contributed by atoms with Gasteiger partial charge in [-0.05, 0) is 91.3 Å². The number of aliphatic hydroxyl groups excluding tert-OH is 1. The van der Waals surface area contributed by atoms with Crippen LogP contribution in [0.3, 0.4) is 0 Å². The zero-order valence-corrected chi connectivity index (χ0v) is 54.3. The summed E-state index contributed by atoms with van der Waals surface area (Å²) in [6.07, 6.45) is 0.386. The summed E-state index contributed by atoms with van der Waals surface area (Å²) in [5, 5.41) is 58.7. The van der Waals surface area contributed by atoms with E-state index in [0.29, 0.717) is 44.9 Å². The number of carbonyl (C=O) groups is 12. The first-order chi connectivity index (χ1) is 46.2. The van der Waals surface area contributed by atoms with Crippen LogP contribution in [0.4, 0.5) is 0 Å². The molecule has 3 aromatic carbocycles. The monoisotopic (exact) mass is 1340 g/mol. The molecular formula is C66H85N15O16. The van der Waals surface area contributed by atoms with Crippen LogP contribution < -0.4 is 48.8 Å². The van der Waals surface area contributed by atoms with Crippen molar-refractivity contribution in [2.75, 3.05) is 47.3 Å². The normalized spacial score (nSPS) is 26.4. The van der Waals surface area contributed by atoms with E-state index in [2.05, 4.69) is 36.9 Å². The summed E-state index contributed by atoms with van der Waals surface area (Å²) in [5.74, 6) is -12.8. The first kappa shape index (κ1) is 71.3. The van der Waals surface area contributed by atoms with E-state index in [0.717, 1.165) is 14.7 Å². The molecule has 31 nitrogen and oxygen atoms in total. The number of phenols is 1. The Hall–Kier alpha value is -9.98. The molecule has 4 aliphatic rings. The number of phenolic OH excluding ortho intramolecular Hbond substituents is 1. The molecule has 520 valence electrons. The predicted molar refractivity (Wildman–Crippen MR) is 347 cm³/mol. The van der Waals surface area contributed by atoms with Crippen LogP contribution in [0, 0.1) is 17.8 Å². The van der Waals surface area contributed by atoms with E-state index in [1.165, 1.54) is 42.7 Å². The average molecular weight is 1340 g/mol. The van der Waals surface area contributed by atoms with Crippen molar-refractivity contribution in [1.29, 1.82) is 0 Å². The van der Waals surface area contributed by atoms with Gasteiger partial charge in [0.2, 0.25) is 65.0 Å². The van der Waals surface area contributed by atoms with Gasteiger partial charge < -0.3 is 93.0 Å². The number of amides is 11. The fourth-order valence-electron chi connectivity index (χ4n) is 13.4. The number of hydroxylamine groups is 1. The average Bonchev–Trinajstić information content (AvgIpc) is 1.65. The summed E-state index contributed by atoms with van der Waals surface area (Å²) >= 11 is 0. The second-order valence-corrected chi connectivity index (χ2v) is 26.0. The van der Waals surface area contributed by atoms with Crippen LogP contribution in [0.2, 0.25) is 0 Å². The van der Waals surface area contributed by atoms with Crippen LogP contribution in [0.25, 0.3) is 21.8 Å². The number of nitrogens with two attached hydrogens (primary N) is 2. The maximum Gasteiger partial charge on any atom is 0.323 e. The molecule has 31 heteroatoms. The van der Waals surface area contributed by atoms with Crippen molar-refractivity contribution < 1.29 is 78.1 Å². The van der Waals surface area contributed by atoms with E-state index in [9.17, 15) is 58.9 Å². The Morgan fingerprint density at radius 3 is 2.09 bits per heavy atom. The highest BCUT2D eigenvalue weighted by Crippen LogP contribution is 2.42. The summed E-state index contributed by atoms with van der Waals surface area (Å²) < 4.78 is 1.49. The Morgan fingerprint density at radius 1 is 0.742 bits per heavy atom. The minimum atomic E-state index is -1.67. The third-order valence-corrected chi connectivity index (χ3v) is 18.6. The number of nitrogens with one attached hydrogen (secondary N) is 8. The zero-order valence-electron chi connectivity index (χ0n) is 54.3. The number of nitrogens with zero attached hydrogens (tertiary/aromatic N) is 5.